The number of methoxy groups -OCH3 is 1. The minimum atomic E-state index is 0.552. The van der Waals surface area contributed by atoms with Gasteiger partial charge in [0.2, 0.25) is 0 Å². The molecular formula is C14H13NO. The molecule has 2 heteroatoms. The van der Waals surface area contributed by atoms with E-state index in [0.717, 1.165) is 17.6 Å². The van der Waals surface area contributed by atoms with Gasteiger partial charge < -0.3 is 4.74 Å². The number of rotatable bonds is 3. The topological polar surface area (TPSA) is 33.0 Å². The first-order valence-corrected chi connectivity index (χ1v) is 5.28. The van der Waals surface area contributed by atoms with E-state index in [1.165, 1.54) is 10.9 Å². The Hall–Kier alpha value is -2.01. The van der Waals surface area contributed by atoms with E-state index in [1.54, 1.807) is 7.11 Å². The fraction of sp³-hybridized carbons (Fsp3) is 0.214. The number of benzene rings is 2. The average Bonchev–Trinajstić information content (AvgIpc) is 2.36. The highest BCUT2D eigenvalue weighted by atomic mass is 16.5. The zero-order valence-electron chi connectivity index (χ0n) is 9.23. The molecule has 2 nitrogen and oxygen atoms in total. The van der Waals surface area contributed by atoms with Crippen molar-refractivity contribution in [3.63, 3.8) is 0 Å². The van der Waals surface area contributed by atoms with Crippen LogP contribution in [-0.2, 0) is 6.42 Å². The third-order valence-electron chi connectivity index (χ3n) is 2.70. The van der Waals surface area contributed by atoms with Crippen molar-refractivity contribution in [2.45, 2.75) is 12.8 Å². The molecule has 16 heavy (non-hydrogen) atoms. The van der Waals surface area contributed by atoms with Crippen molar-refractivity contribution >= 4 is 10.8 Å². The minimum Gasteiger partial charge on any atom is -0.496 e. The summed E-state index contributed by atoms with van der Waals surface area (Å²) in [6.07, 6.45) is 1.34. The zero-order chi connectivity index (χ0) is 11.4. The Kier molecular flexibility index (Phi) is 3.07. The normalized spacial score (nSPS) is 10.0. The van der Waals surface area contributed by atoms with Gasteiger partial charge >= 0.3 is 0 Å². The van der Waals surface area contributed by atoms with Crippen LogP contribution in [0.4, 0.5) is 0 Å². The minimum absolute atomic E-state index is 0.552. The third kappa shape index (κ3) is 1.85. The molecule has 2 aromatic carbocycles. The second-order valence-electron chi connectivity index (χ2n) is 3.63. The molecule has 0 N–H and O–H groups in total. The van der Waals surface area contributed by atoms with Gasteiger partial charge in [0.15, 0.2) is 0 Å². The highest BCUT2D eigenvalue weighted by Gasteiger charge is 2.05. The smallest absolute Gasteiger partial charge is 0.126 e. The largest absolute Gasteiger partial charge is 0.496 e. The molecular weight excluding hydrogens is 198 g/mol. The van der Waals surface area contributed by atoms with Crippen molar-refractivity contribution < 1.29 is 4.74 Å². The van der Waals surface area contributed by atoms with Crippen LogP contribution in [-0.4, -0.2) is 7.11 Å². The molecule has 0 saturated carbocycles. The lowest BCUT2D eigenvalue weighted by atomic mass is 10.0. The molecule has 0 amide bonds. The van der Waals surface area contributed by atoms with Crippen molar-refractivity contribution in [1.82, 2.24) is 0 Å². The standard InChI is InChI=1S/C14H13NO/c1-16-14-9-8-11(5-4-10-15)12-6-2-3-7-13(12)14/h2-3,6-9H,4-5H2,1H3. The predicted molar refractivity (Wildman–Crippen MR) is 64.4 cm³/mol. The predicted octanol–water partition coefficient (Wildman–Crippen LogP) is 3.30. The van der Waals surface area contributed by atoms with Crippen molar-refractivity contribution in [3.8, 4) is 11.8 Å². The Morgan fingerprint density at radius 1 is 1.12 bits per heavy atom. The van der Waals surface area contributed by atoms with E-state index >= 15 is 0 Å². The summed E-state index contributed by atoms with van der Waals surface area (Å²) >= 11 is 0. The van der Waals surface area contributed by atoms with Gasteiger partial charge in [0, 0.05) is 11.8 Å². The fourth-order valence-corrected chi connectivity index (χ4v) is 1.92. The van der Waals surface area contributed by atoms with Gasteiger partial charge in [-0.3, -0.25) is 0 Å². The highest BCUT2D eigenvalue weighted by molar-refractivity contribution is 5.91. The maximum absolute atomic E-state index is 8.63. The van der Waals surface area contributed by atoms with E-state index in [-0.39, 0.29) is 0 Å². The second kappa shape index (κ2) is 4.67. The molecule has 0 spiro atoms. The van der Waals surface area contributed by atoms with Crippen LogP contribution in [0.5, 0.6) is 5.75 Å². The Morgan fingerprint density at radius 3 is 2.56 bits per heavy atom. The van der Waals surface area contributed by atoms with E-state index in [4.69, 9.17) is 10.00 Å². The van der Waals surface area contributed by atoms with E-state index < -0.39 is 0 Å². The molecule has 80 valence electrons. The molecule has 0 atom stereocenters. The van der Waals surface area contributed by atoms with Crippen LogP contribution >= 0.6 is 0 Å². The first-order chi connectivity index (χ1) is 7.86. The van der Waals surface area contributed by atoms with Crippen LogP contribution < -0.4 is 4.74 Å². The molecule has 2 aromatic rings. The quantitative estimate of drug-likeness (QED) is 0.780. The number of hydrogen-bond acceptors (Lipinski definition) is 2. The van der Waals surface area contributed by atoms with Crippen LogP contribution in [0, 0.1) is 11.3 Å². The summed E-state index contributed by atoms with van der Waals surface area (Å²) in [7, 11) is 1.68. The van der Waals surface area contributed by atoms with Crippen molar-refractivity contribution in [2.24, 2.45) is 0 Å². The summed E-state index contributed by atoms with van der Waals surface area (Å²) in [5.74, 6) is 0.885. The molecule has 0 aliphatic rings. The SMILES string of the molecule is COc1ccc(CCC#N)c2ccccc12. The van der Waals surface area contributed by atoms with Crippen LogP contribution in [0.3, 0.4) is 0 Å². The van der Waals surface area contributed by atoms with Crippen LogP contribution in [0.1, 0.15) is 12.0 Å². The first-order valence-electron chi connectivity index (χ1n) is 5.28. The van der Waals surface area contributed by atoms with E-state index in [9.17, 15) is 0 Å². The molecule has 0 unspecified atom stereocenters. The number of fused-ring (bicyclic) bond motifs is 1. The van der Waals surface area contributed by atoms with Gasteiger partial charge in [-0.25, -0.2) is 0 Å². The molecule has 0 heterocycles. The molecule has 0 saturated heterocycles. The van der Waals surface area contributed by atoms with Gasteiger partial charge in [-0.2, -0.15) is 5.26 Å². The molecule has 0 aromatic heterocycles. The Balaban J connectivity index is 2.56. The lowest BCUT2D eigenvalue weighted by Crippen LogP contribution is -1.90. The van der Waals surface area contributed by atoms with Gasteiger partial charge in [-0.15, -0.1) is 0 Å². The molecule has 0 fully saturated rings. The number of nitrogens with zero attached hydrogens (tertiary/aromatic N) is 1. The van der Waals surface area contributed by atoms with Gasteiger partial charge in [0.25, 0.3) is 0 Å². The average molecular weight is 211 g/mol. The van der Waals surface area contributed by atoms with Crippen molar-refractivity contribution in [1.29, 1.82) is 5.26 Å². The van der Waals surface area contributed by atoms with Gasteiger partial charge in [0.1, 0.15) is 5.75 Å². The number of hydrogen-bond donors (Lipinski definition) is 0. The lowest BCUT2D eigenvalue weighted by Gasteiger charge is -2.09. The monoisotopic (exact) mass is 211 g/mol. The molecule has 0 aliphatic carbocycles. The lowest BCUT2D eigenvalue weighted by molar-refractivity contribution is 0.419. The van der Waals surface area contributed by atoms with Gasteiger partial charge in [-0.05, 0) is 23.4 Å². The fourth-order valence-electron chi connectivity index (χ4n) is 1.92. The Labute approximate surface area is 95.1 Å². The summed E-state index contributed by atoms with van der Waals surface area (Å²) in [5.41, 5.74) is 1.21. The van der Waals surface area contributed by atoms with Crippen molar-refractivity contribution in [3.05, 3.63) is 42.0 Å². The highest BCUT2D eigenvalue weighted by Crippen LogP contribution is 2.28. The van der Waals surface area contributed by atoms with Gasteiger partial charge in [-0.1, -0.05) is 30.3 Å². The third-order valence-corrected chi connectivity index (χ3v) is 2.70. The zero-order valence-corrected chi connectivity index (χ0v) is 9.23. The van der Waals surface area contributed by atoms with E-state index in [2.05, 4.69) is 12.1 Å². The number of nitriles is 1. The molecule has 0 bridgehead atoms. The second-order valence-corrected chi connectivity index (χ2v) is 3.63. The Bertz CT molecular complexity index is 540. The van der Waals surface area contributed by atoms with E-state index in [1.807, 2.05) is 30.3 Å². The molecule has 2 rings (SSSR count). The maximum Gasteiger partial charge on any atom is 0.126 e. The Morgan fingerprint density at radius 2 is 1.88 bits per heavy atom. The molecule has 0 radical (unpaired) electrons. The van der Waals surface area contributed by atoms with Crippen LogP contribution in [0.2, 0.25) is 0 Å². The van der Waals surface area contributed by atoms with Crippen LogP contribution in [0.25, 0.3) is 10.8 Å². The summed E-state index contributed by atoms with van der Waals surface area (Å²) in [5, 5.41) is 10.9. The first kappa shape index (κ1) is 10.5. The molecule has 0 aliphatic heterocycles. The van der Waals surface area contributed by atoms with E-state index in [0.29, 0.717) is 6.42 Å². The van der Waals surface area contributed by atoms with Crippen LogP contribution in [0.15, 0.2) is 36.4 Å². The summed E-state index contributed by atoms with van der Waals surface area (Å²) < 4.78 is 5.32. The summed E-state index contributed by atoms with van der Waals surface area (Å²) in [6, 6.07) is 14.3. The van der Waals surface area contributed by atoms with Gasteiger partial charge in [0.05, 0.1) is 13.2 Å². The summed E-state index contributed by atoms with van der Waals surface area (Å²) in [4.78, 5) is 0. The van der Waals surface area contributed by atoms with Crippen molar-refractivity contribution in [2.75, 3.05) is 7.11 Å². The number of aryl methyl sites for hydroxylation is 1. The summed E-state index contributed by atoms with van der Waals surface area (Å²) in [6.45, 7) is 0. The maximum atomic E-state index is 8.63. The number of ether oxygens (including phenoxy) is 1.